The number of hydrogen-bond donors (Lipinski definition) is 1. The molecule has 140 valence electrons. The van der Waals surface area contributed by atoms with Gasteiger partial charge in [0.05, 0.1) is 0 Å². The summed E-state index contributed by atoms with van der Waals surface area (Å²) >= 11 is 0. The van der Waals surface area contributed by atoms with E-state index in [2.05, 4.69) is 52.0 Å². The van der Waals surface area contributed by atoms with Gasteiger partial charge in [0.25, 0.3) is 0 Å². The number of benzene rings is 1. The second kappa shape index (κ2) is 6.99. The Morgan fingerprint density at radius 2 is 1.68 bits per heavy atom. The molecule has 0 spiro atoms. The maximum atomic E-state index is 12.6. The minimum atomic E-state index is -0.498. The first kappa shape index (κ1) is 19.8. The molecule has 1 aliphatic rings. The zero-order valence-electron chi connectivity index (χ0n) is 16.8. The van der Waals surface area contributed by atoms with Gasteiger partial charge in [-0.3, -0.25) is 0 Å². The highest BCUT2D eigenvalue weighted by Gasteiger charge is 2.37. The lowest BCUT2D eigenvalue weighted by molar-refractivity contribution is 0.00655. The number of rotatable bonds is 1. The van der Waals surface area contributed by atoms with Crippen molar-refractivity contribution in [1.82, 2.24) is 4.90 Å². The van der Waals surface area contributed by atoms with Gasteiger partial charge in [0.1, 0.15) is 5.60 Å². The monoisotopic (exact) mass is 346 g/mol. The molecule has 1 aromatic rings. The van der Waals surface area contributed by atoms with Crippen LogP contribution < -0.4 is 5.73 Å². The molecule has 0 bridgehead atoms. The standard InChI is InChI=1S/C21H34N2O2/c1-14-18(15-8-10-16(11-9-15)20(2,3)4)12-17(22)13-23(14)19(24)25-21(5,6)7/h8-11,14,17-18H,12-13,22H2,1-7H3. The van der Waals surface area contributed by atoms with Crippen LogP contribution in [0.4, 0.5) is 4.79 Å². The van der Waals surface area contributed by atoms with Crippen LogP contribution in [-0.4, -0.2) is 35.2 Å². The van der Waals surface area contributed by atoms with Crippen LogP contribution in [0.2, 0.25) is 0 Å². The van der Waals surface area contributed by atoms with Crippen LogP contribution in [0, 0.1) is 0 Å². The van der Waals surface area contributed by atoms with Crippen LogP contribution in [-0.2, 0) is 10.2 Å². The van der Waals surface area contributed by atoms with Crippen molar-refractivity contribution in [1.29, 1.82) is 0 Å². The first-order valence-corrected chi connectivity index (χ1v) is 9.24. The Labute approximate surface area is 152 Å². The van der Waals surface area contributed by atoms with Crippen molar-refractivity contribution in [3.8, 4) is 0 Å². The molecule has 1 aromatic carbocycles. The summed E-state index contributed by atoms with van der Waals surface area (Å²) in [7, 11) is 0. The van der Waals surface area contributed by atoms with Crippen molar-refractivity contribution in [2.24, 2.45) is 5.73 Å². The Balaban J connectivity index is 2.21. The van der Waals surface area contributed by atoms with Gasteiger partial charge in [0, 0.05) is 24.5 Å². The number of amides is 1. The van der Waals surface area contributed by atoms with E-state index in [4.69, 9.17) is 10.5 Å². The molecule has 2 N–H and O–H groups in total. The fraction of sp³-hybridized carbons (Fsp3) is 0.667. The number of ether oxygens (including phenoxy) is 1. The molecule has 25 heavy (non-hydrogen) atoms. The summed E-state index contributed by atoms with van der Waals surface area (Å²) in [6.07, 6.45) is 0.612. The molecule has 2 rings (SSSR count). The van der Waals surface area contributed by atoms with E-state index in [1.54, 1.807) is 4.90 Å². The second-order valence-corrected chi connectivity index (χ2v) is 9.35. The van der Waals surface area contributed by atoms with Crippen molar-refractivity contribution in [3.05, 3.63) is 35.4 Å². The van der Waals surface area contributed by atoms with E-state index in [1.807, 2.05) is 20.8 Å². The first-order chi connectivity index (χ1) is 11.4. The number of nitrogens with two attached hydrogens (primary N) is 1. The molecule has 0 aromatic heterocycles. The Kier molecular flexibility index (Phi) is 5.53. The van der Waals surface area contributed by atoms with Gasteiger partial charge in [-0.25, -0.2) is 4.79 Å². The predicted octanol–water partition coefficient (Wildman–Crippen LogP) is 4.42. The third-order valence-electron chi connectivity index (χ3n) is 4.89. The Morgan fingerprint density at radius 1 is 1.12 bits per heavy atom. The number of carbonyl (C=O) groups is 1. The molecular weight excluding hydrogens is 312 g/mol. The highest BCUT2D eigenvalue weighted by molar-refractivity contribution is 5.69. The Morgan fingerprint density at radius 3 is 2.16 bits per heavy atom. The number of piperidine rings is 1. The summed E-state index contributed by atoms with van der Waals surface area (Å²) in [6, 6.07) is 8.80. The molecule has 0 saturated carbocycles. The van der Waals surface area contributed by atoms with Crippen molar-refractivity contribution in [2.75, 3.05) is 6.54 Å². The van der Waals surface area contributed by atoms with Crippen LogP contribution in [0.15, 0.2) is 24.3 Å². The van der Waals surface area contributed by atoms with Crippen LogP contribution >= 0.6 is 0 Å². The normalized spacial score (nSPS) is 25.0. The molecule has 3 atom stereocenters. The summed E-state index contributed by atoms with van der Waals surface area (Å²) in [5.41, 5.74) is 8.46. The maximum absolute atomic E-state index is 12.6. The topological polar surface area (TPSA) is 55.6 Å². The summed E-state index contributed by atoms with van der Waals surface area (Å²) in [5, 5.41) is 0. The van der Waals surface area contributed by atoms with Gasteiger partial charge < -0.3 is 15.4 Å². The van der Waals surface area contributed by atoms with Crippen molar-refractivity contribution in [3.63, 3.8) is 0 Å². The van der Waals surface area contributed by atoms with Crippen LogP contribution in [0.3, 0.4) is 0 Å². The summed E-state index contributed by atoms with van der Waals surface area (Å²) in [6.45, 7) is 15.0. The van der Waals surface area contributed by atoms with Crippen LogP contribution in [0.25, 0.3) is 0 Å². The largest absolute Gasteiger partial charge is 0.444 e. The van der Waals surface area contributed by atoms with Crippen LogP contribution in [0.5, 0.6) is 0 Å². The van der Waals surface area contributed by atoms with E-state index in [0.717, 1.165) is 6.42 Å². The third-order valence-corrected chi connectivity index (χ3v) is 4.89. The zero-order valence-corrected chi connectivity index (χ0v) is 16.8. The molecule has 4 nitrogen and oxygen atoms in total. The van der Waals surface area contributed by atoms with Gasteiger partial charge in [0.2, 0.25) is 0 Å². The summed E-state index contributed by atoms with van der Waals surface area (Å²) < 4.78 is 5.58. The molecule has 0 aliphatic carbocycles. The SMILES string of the molecule is CC1C(c2ccc(C(C)(C)C)cc2)CC(N)CN1C(=O)OC(C)(C)C. The average Bonchev–Trinajstić information content (AvgIpc) is 2.46. The zero-order chi connectivity index (χ0) is 19.0. The smallest absolute Gasteiger partial charge is 0.410 e. The third kappa shape index (κ3) is 4.97. The Bertz CT molecular complexity index is 596. The molecule has 4 heteroatoms. The molecule has 0 radical (unpaired) electrons. The van der Waals surface area contributed by atoms with Crippen LogP contribution in [0.1, 0.15) is 71.9 Å². The van der Waals surface area contributed by atoms with E-state index in [1.165, 1.54) is 11.1 Å². The molecule has 1 fully saturated rings. The molecule has 1 heterocycles. The lowest BCUT2D eigenvalue weighted by atomic mass is 9.80. The average molecular weight is 347 g/mol. The fourth-order valence-corrected chi connectivity index (χ4v) is 3.44. The number of likely N-dealkylation sites (tertiary alicyclic amines) is 1. The quantitative estimate of drug-likeness (QED) is 0.818. The summed E-state index contributed by atoms with van der Waals surface area (Å²) in [4.78, 5) is 14.4. The van der Waals surface area contributed by atoms with Gasteiger partial charge >= 0.3 is 6.09 Å². The van der Waals surface area contributed by atoms with E-state index in [9.17, 15) is 4.79 Å². The number of carbonyl (C=O) groups excluding carboxylic acids is 1. The van der Waals surface area contributed by atoms with Crippen molar-refractivity contribution >= 4 is 6.09 Å². The minimum Gasteiger partial charge on any atom is -0.444 e. The second-order valence-electron chi connectivity index (χ2n) is 9.35. The fourth-order valence-electron chi connectivity index (χ4n) is 3.44. The Hall–Kier alpha value is -1.55. The number of nitrogens with zero attached hydrogens (tertiary/aromatic N) is 1. The van der Waals surface area contributed by atoms with Gasteiger partial charge in [-0.1, -0.05) is 45.0 Å². The number of hydrogen-bond acceptors (Lipinski definition) is 3. The molecular formula is C21H34N2O2. The van der Waals surface area contributed by atoms with Crippen molar-refractivity contribution < 1.29 is 9.53 Å². The minimum absolute atomic E-state index is 0.0315. The summed E-state index contributed by atoms with van der Waals surface area (Å²) in [5.74, 6) is 0.227. The van der Waals surface area contributed by atoms with E-state index < -0.39 is 5.60 Å². The van der Waals surface area contributed by atoms with Gasteiger partial charge in [-0.2, -0.15) is 0 Å². The van der Waals surface area contributed by atoms with Crippen molar-refractivity contribution in [2.45, 2.75) is 83.9 Å². The highest BCUT2D eigenvalue weighted by Crippen LogP contribution is 2.34. The van der Waals surface area contributed by atoms with E-state index >= 15 is 0 Å². The molecule has 1 saturated heterocycles. The van der Waals surface area contributed by atoms with E-state index in [0.29, 0.717) is 6.54 Å². The maximum Gasteiger partial charge on any atom is 0.410 e. The molecule has 3 unspecified atom stereocenters. The molecule has 1 amide bonds. The molecule has 1 aliphatic heterocycles. The van der Waals surface area contributed by atoms with Gasteiger partial charge in [-0.15, -0.1) is 0 Å². The lowest BCUT2D eigenvalue weighted by Crippen LogP contribution is -2.54. The first-order valence-electron chi connectivity index (χ1n) is 9.24. The van der Waals surface area contributed by atoms with Gasteiger partial charge in [0.15, 0.2) is 0 Å². The lowest BCUT2D eigenvalue weighted by Gasteiger charge is -2.42. The van der Waals surface area contributed by atoms with Gasteiger partial charge in [-0.05, 0) is 50.7 Å². The van der Waals surface area contributed by atoms with E-state index in [-0.39, 0.29) is 29.5 Å². The highest BCUT2D eigenvalue weighted by atomic mass is 16.6. The predicted molar refractivity (Wildman–Crippen MR) is 103 cm³/mol.